The number of hydrogen-bond acceptors (Lipinski definition) is 4. The molecule has 0 bridgehead atoms. The molecule has 148 valence electrons. The number of hydrogen-bond donors (Lipinski definition) is 1. The molecule has 0 spiro atoms. The largest absolute Gasteiger partial charge is 0.490 e. The van der Waals surface area contributed by atoms with Gasteiger partial charge in [0.2, 0.25) is 5.91 Å². The van der Waals surface area contributed by atoms with Crippen LogP contribution in [0, 0.1) is 5.92 Å². The summed E-state index contributed by atoms with van der Waals surface area (Å²) in [6.07, 6.45) is 6.98. The monoisotopic (exact) mass is 379 g/mol. The van der Waals surface area contributed by atoms with Crippen LogP contribution in [0.2, 0.25) is 0 Å². The average molecular weight is 380 g/mol. The predicted molar refractivity (Wildman–Crippen MR) is 109 cm³/mol. The molecule has 0 radical (unpaired) electrons. The highest BCUT2D eigenvalue weighted by Crippen LogP contribution is 2.31. The molecule has 0 unspecified atom stereocenters. The lowest BCUT2D eigenvalue weighted by Gasteiger charge is -2.35. The number of amides is 1. The summed E-state index contributed by atoms with van der Waals surface area (Å²) in [6, 6.07) is 14.2. The molecule has 1 aliphatic heterocycles. The first-order valence-corrected chi connectivity index (χ1v) is 10.4. The highest BCUT2D eigenvalue weighted by atomic mass is 16.5. The van der Waals surface area contributed by atoms with E-state index in [2.05, 4.69) is 39.5 Å². The van der Waals surface area contributed by atoms with E-state index in [9.17, 15) is 4.79 Å². The van der Waals surface area contributed by atoms with Gasteiger partial charge in [-0.25, -0.2) is 0 Å². The van der Waals surface area contributed by atoms with Crippen LogP contribution in [0.5, 0.6) is 5.75 Å². The van der Waals surface area contributed by atoms with Crippen molar-refractivity contribution in [3.63, 3.8) is 0 Å². The molecule has 5 heteroatoms. The van der Waals surface area contributed by atoms with Crippen LogP contribution in [0.3, 0.4) is 0 Å². The molecular formula is C23H29N3O2. The highest BCUT2D eigenvalue weighted by Gasteiger charge is 2.31. The number of ether oxygens (including phenoxy) is 1. The normalized spacial score (nSPS) is 21.9. The van der Waals surface area contributed by atoms with Crippen molar-refractivity contribution in [1.82, 2.24) is 15.2 Å². The van der Waals surface area contributed by atoms with Crippen LogP contribution in [-0.4, -0.2) is 41.5 Å². The molecule has 1 amide bonds. The van der Waals surface area contributed by atoms with Gasteiger partial charge in [0, 0.05) is 25.0 Å². The average Bonchev–Trinajstić information content (AvgIpc) is 3.18. The number of aromatic nitrogens is 1. The van der Waals surface area contributed by atoms with Crippen molar-refractivity contribution in [3.8, 4) is 5.75 Å². The van der Waals surface area contributed by atoms with E-state index in [1.807, 2.05) is 18.2 Å². The molecule has 1 saturated carbocycles. The Morgan fingerprint density at radius 3 is 2.61 bits per heavy atom. The summed E-state index contributed by atoms with van der Waals surface area (Å²) in [4.78, 5) is 18.7. The van der Waals surface area contributed by atoms with E-state index in [-0.39, 0.29) is 12.0 Å². The first-order valence-electron chi connectivity index (χ1n) is 10.4. The number of nitrogens with one attached hydrogen (secondary N) is 1. The van der Waals surface area contributed by atoms with Crippen LogP contribution in [0.4, 0.5) is 0 Å². The minimum atomic E-state index is 0.0386. The molecule has 28 heavy (non-hydrogen) atoms. The van der Waals surface area contributed by atoms with E-state index in [1.165, 1.54) is 31.5 Å². The molecule has 0 atom stereocenters. The Morgan fingerprint density at radius 2 is 1.89 bits per heavy atom. The lowest BCUT2D eigenvalue weighted by atomic mass is 9.82. The molecule has 1 N–H and O–H groups in total. The van der Waals surface area contributed by atoms with Crippen molar-refractivity contribution in [1.29, 1.82) is 0 Å². The summed E-state index contributed by atoms with van der Waals surface area (Å²) in [5.41, 5.74) is 2.17. The number of nitrogens with zero attached hydrogens (tertiary/aromatic N) is 2. The summed E-state index contributed by atoms with van der Waals surface area (Å²) in [7, 11) is 0. The predicted octanol–water partition coefficient (Wildman–Crippen LogP) is 3.19. The molecule has 5 nitrogen and oxygen atoms in total. The van der Waals surface area contributed by atoms with Gasteiger partial charge in [-0.15, -0.1) is 0 Å². The molecule has 2 aliphatic rings. The van der Waals surface area contributed by atoms with Crippen molar-refractivity contribution in [2.45, 2.75) is 44.8 Å². The lowest BCUT2D eigenvalue weighted by molar-refractivity contribution is -0.121. The van der Waals surface area contributed by atoms with Gasteiger partial charge in [-0.2, -0.15) is 0 Å². The topological polar surface area (TPSA) is 54.5 Å². The zero-order valence-corrected chi connectivity index (χ0v) is 16.3. The number of rotatable bonds is 8. The molecule has 2 fully saturated rings. The van der Waals surface area contributed by atoms with E-state index in [4.69, 9.17) is 4.74 Å². The second-order valence-corrected chi connectivity index (χ2v) is 8.01. The number of carbonyl (C=O) groups excluding carboxylic acids is 1. The van der Waals surface area contributed by atoms with Crippen LogP contribution in [0.1, 0.15) is 36.9 Å². The van der Waals surface area contributed by atoms with Crippen LogP contribution in [0.25, 0.3) is 0 Å². The summed E-state index contributed by atoms with van der Waals surface area (Å²) < 4.78 is 6.07. The van der Waals surface area contributed by atoms with Gasteiger partial charge in [0.1, 0.15) is 5.75 Å². The van der Waals surface area contributed by atoms with Crippen molar-refractivity contribution in [2.75, 3.05) is 19.6 Å². The molecule has 1 aromatic carbocycles. The van der Waals surface area contributed by atoms with Gasteiger partial charge in [0.05, 0.1) is 12.5 Å². The minimum absolute atomic E-state index is 0.0386. The van der Waals surface area contributed by atoms with Gasteiger partial charge in [-0.05, 0) is 74.5 Å². The number of pyridine rings is 1. The Balaban J connectivity index is 1.13. The highest BCUT2D eigenvalue weighted by molar-refractivity contribution is 5.78. The van der Waals surface area contributed by atoms with Gasteiger partial charge >= 0.3 is 0 Å². The maximum Gasteiger partial charge on any atom is 0.226 e. The SMILES string of the molecule is O=C(Cc1ccccn1)NCC1CC(Oc2ccc(CN3CCCC3)cc2)C1. The Hall–Kier alpha value is -2.40. The molecule has 2 aromatic rings. The standard InChI is InChI=1S/C23H29N3O2/c27-23(15-20-5-1-2-10-24-20)25-16-19-13-22(14-19)28-21-8-6-18(7-9-21)17-26-11-3-4-12-26/h1-2,5-10,19,22H,3-4,11-17H2,(H,25,27). The molecule has 4 rings (SSSR count). The van der Waals surface area contributed by atoms with E-state index < -0.39 is 0 Å². The Kier molecular flexibility index (Phi) is 6.22. The smallest absolute Gasteiger partial charge is 0.226 e. The van der Waals surface area contributed by atoms with Crippen LogP contribution in [0.15, 0.2) is 48.7 Å². The van der Waals surface area contributed by atoms with Gasteiger partial charge in [0.15, 0.2) is 0 Å². The molecular weight excluding hydrogens is 350 g/mol. The van der Waals surface area contributed by atoms with Crippen molar-refractivity contribution in [3.05, 3.63) is 59.9 Å². The Bertz CT molecular complexity index is 751. The maximum atomic E-state index is 12.0. The van der Waals surface area contributed by atoms with Crippen molar-refractivity contribution < 1.29 is 9.53 Å². The van der Waals surface area contributed by atoms with E-state index in [0.29, 0.717) is 12.3 Å². The number of benzene rings is 1. The fraction of sp³-hybridized carbons (Fsp3) is 0.478. The summed E-state index contributed by atoms with van der Waals surface area (Å²) in [6.45, 7) is 4.21. The second-order valence-electron chi connectivity index (χ2n) is 8.01. The zero-order valence-electron chi connectivity index (χ0n) is 16.3. The van der Waals surface area contributed by atoms with E-state index in [1.54, 1.807) is 6.20 Å². The molecule has 1 aliphatic carbocycles. The van der Waals surface area contributed by atoms with E-state index in [0.717, 1.165) is 37.4 Å². The molecule has 1 saturated heterocycles. The van der Waals surface area contributed by atoms with Gasteiger partial charge < -0.3 is 10.1 Å². The first kappa shape index (κ1) is 18.9. The fourth-order valence-corrected chi connectivity index (χ4v) is 3.99. The summed E-state index contributed by atoms with van der Waals surface area (Å²) in [5.74, 6) is 1.50. The quantitative estimate of drug-likeness (QED) is 0.765. The number of carbonyl (C=O) groups is 1. The van der Waals surface area contributed by atoms with Gasteiger partial charge in [-0.1, -0.05) is 18.2 Å². The third kappa shape index (κ3) is 5.32. The van der Waals surface area contributed by atoms with Gasteiger partial charge in [-0.3, -0.25) is 14.7 Å². The van der Waals surface area contributed by atoms with Crippen molar-refractivity contribution >= 4 is 5.91 Å². The summed E-state index contributed by atoms with van der Waals surface area (Å²) in [5, 5.41) is 3.02. The molecule has 1 aromatic heterocycles. The van der Waals surface area contributed by atoms with Crippen LogP contribution in [-0.2, 0) is 17.8 Å². The zero-order chi connectivity index (χ0) is 19.2. The number of likely N-dealkylation sites (tertiary alicyclic amines) is 1. The van der Waals surface area contributed by atoms with Crippen molar-refractivity contribution in [2.24, 2.45) is 5.92 Å². The second kappa shape index (κ2) is 9.20. The minimum Gasteiger partial charge on any atom is -0.490 e. The third-order valence-electron chi connectivity index (χ3n) is 5.68. The molecule has 2 heterocycles. The third-order valence-corrected chi connectivity index (χ3v) is 5.68. The first-order chi connectivity index (χ1) is 13.7. The summed E-state index contributed by atoms with van der Waals surface area (Å²) >= 11 is 0. The van der Waals surface area contributed by atoms with Crippen LogP contribution >= 0.6 is 0 Å². The maximum absolute atomic E-state index is 12.0. The van der Waals surface area contributed by atoms with Gasteiger partial charge in [0.25, 0.3) is 0 Å². The Labute approximate surface area is 167 Å². The Morgan fingerprint density at radius 1 is 1.11 bits per heavy atom. The van der Waals surface area contributed by atoms with E-state index >= 15 is 0 Å². The fourth-order valence-electron chi connectivity index (χ4n) is 3.99. The lowest BCUT2D eigenvalue weighted by Crippen LogP contribution is -2.41. The van der Waals surface area contributed by atoms with Crippen LogP contribution < -0.4 is 10.1 Å².